The molecular formula is C16H22N4O4. The highest BCUT2D eigenvalue weighted by Crippen LogP contribution is 2.33. The number of imide groups is 1. The van der Waals surface area contributed by atoms with E-state index in [4.69, 9.17) is 0 Å². The van der Waals surface area contributed by atoms with Crippen LogP contribution >= 0.6 is 0 Å². The van der Waals surface area contributed by atoms with Gasteiger partial charge in [-0.3, -0.25) is 19.7 Å². The molecule has 3 heterocycles. The maximum absolute atomic E-state index is 12.7. The van der Waals surface area contributed by atoms with E-state index in [1.165, 1.54) is 12.8 Å². The van der Waals surface area contributed by atoms with Crippen LogP contribution < -0.4 is 10.6 Å². The Morgan fingerprint density at radius 2 is 1.88 bits per heavy atom. The lowest BCUT2D eigenvalue weighted by molar-refractivity contribution is -0.139. The molecule has 8 heteroatoms. The van der Waals surface area contributed by atoms with Crippen LogP contribution in [0.4, 0.5) is 4.79 Å². The summed E-state index contributed by atoms with van der Waals surface area (Å²) in [7, 11) is 0. The predicted molar refractivity (Wildman–Crippen MR) is 82.6 cm³/mol. The van der Waals surface area contributed by atoms with E-state index in [1.807, 2.05) is 4.90 Å². The van der Waals surface area contributed by atoms with Crippen molar-refractivity contribution in [3.63, 3.8) is 0 Å². The molecular weight excluding hydrogens is 312 g/mol. The number of urea groups is 1. The Kier molecular flexibility index (Phi) is 3.51. The first-order chi connectivity index (χ1) is 11.5. The first-order valence-corrected chi connectivity index (χ1v) is 8.67. The maximum Gasteiger partial charge on any atom is 0.322 e. The molecule has 4 rings (SSSR count). The summed E-state index contributed by atoms with van der Waals surface area (Å²) >= 11 is 0. The first kappa shape index (κ1) is 15.4. The molecule has 0 aromatic carbocycles. The monoisotopic (exact) mass is 334 g/mol. The molecule has 1 atom stereocenters. The number of carbonyl (C=O) groups is 4. The molecule has 0 radical (unpaired) electrons. The molecule has 1 spiro atoms. The summed E-state index contributed by atoms with van der Waals surface area (Å²) in [5.41, 5.74) is -0.864. The summed E-state index contributed by atoms with van der Waals surface area (Å²) < 4.78 is 0. The van der Waals surface area contributed by atoms with Crippen LogP contribution in [-0.2, 0) is 14.4 Å². The van der Waals surface area contributed by atoms with Crippen LogP contribution in [0.25, 0.3) is 0 Å². The van der Waals surface area contributed by atoms with E-state index < -0.39 is 11.6 Å². The molecule has 5 amide bonds. The molecule has 4 aliphatic rings. The predicted octanol–water partition coefficient (Wildman–Crippen LogP) is -0.554. The molecule has 0 aromatic heterocycles. The van der Waals surface area contributed by atoms with Crippen molar-refractivity contribution in [2.24, 2.45) is 11.8 Å². The zero-order chi connectivity index (χ0) is 16.9. The van der Waals surface area contributed by atoms with Gasteiger partial charge in [0.15, 0.2) is 0 Å². The van der Waals surface area contributed by atoms with Crippen LogP contribution in [0.5, 0.6) is 0 Å². The molecule has 8 nitrogen and oxygen atoms in total. The third-order valence-electron chi connectivity index (χ3n) is 5.68. The largest absolute Gasteiger partial charge is 0.342 e. The van der Waals surface area contributed by atoms with E-state index >= 15 is 0 Å². The summed E-state index contributed by atoms with van der Waals surface area (Å²) in [6.07, 6.45) is 3.50. The van der Waals surface area contributed by atoms with Crippen LogP contribution in [-0.4, -0.2) is 65.3 Å². The smallest absolute Gasteiger partial charge is 0.322 e. The molecule has 1 aliphatic carbocycles. The Balaban J connectivity index is 1.34. The number of piperidine rings is 1. The highest BCUT2D eigenvalue weighted by Gasteiger charge is 2.49. The minimum atomic E-state index is -0.864. The van der Waals surface area contributed by atoms with Crippen molar-refractivity contribution in [3.8, 4) is 0 Å². The van der Waals surface area contributed by atoms with E-state index in [2.05, 4.69) is 10.6 Å². The quantitative estimate of drug-likeness (QED) is 0.676. The van der Waals surface area contributed by atoms with Crippen molar-refractivity contribution in [1.82, 2.24) is 20.4 Å². The lowest BCUT2D eigenvalue weighted by Crippen LogP contribution is -2.56. The topological polar surface area (TPSA) is 98.8 Å². The number of hydrogen-bond acceptors (Lipinski definition) is 4. The van der Waals surface area contributed by atoms with Gasteiger partial charge in [-0.05, 0) is 31.6 Å². The van der Waals surface area contributed by atoms with Crippen molar-refractivity contribution >= 4 is 23.8 Å². The van der Waals surface area contributed by atoms with Crippen molar-refractivity contribution in [2.45, 2.75) is 37.6 Å². The minimum Gasteiger partial charge on any atom is -0.342 e. The van der Waals surface area contributed by atoms with E-state index in [9.17, 15) is 19.2 Å². The highest BCUT2D eigenvalue weighted by molar-refractivity contribution is 6.07. The van der Waals surface area contributed by atoms with Gasteiger partial charge in [0.25, 0.3) is 5.91 Å². The second kappa shape index (κ2) is 5.46. The number of likely N-dealkylation sites (tertiary alicyclic amines) is 2. The number of hydrogen-bond donors (Lipinski definition) is 2. The Labute approximate surface area is 139 Å². The van der Waals surface area contributed by atoms with E-state index in [1.54, 1.807) is 4.90 Å². The van der Waals surface area contributed by atoms with Crippen LogP contribution in [0.3, 0.4) is 0 Å². The Morgan fingerprint density at radius 3 is 2.46 bits per heavy atom. The van der Waals surface area contributed by atoms with Crippen molar-refractivity contribution < 1.29 is 19.2 Å². The maximum atomic E-state index is 12.7. The Morgan fingerprint density at radius 1 is 1.17 bits per heavy atom. The van der Waals surface area contributed by atoms with E-state index in [0.717, 1.165) is 6.54 Å². The van der Waals surface area contributed by atoms with Crippen molar-refractivity contribution in [3.05, 3.63) is 0 Å². The molecule has 0 aromatic rings. The SMILES string of the molecule is O=C1NC(=O)C2(CCN(C(=O)C3CC(=O)N(CC4CC4)C3)CC2)N1. The van der Waals surface area contributed by atoms with E-state index in [0.29, 0.717) is 44.8 Å². The number of rotatable bonds is 3. The average Bonchev–Trinajstić information content (AvgIpc) is 3.23. The second-order valence-corrected chi connectivity index (χ2v) is 7.46. The summed E-state index contributed by atoms with van der Waals surface area (Å²) in [6, 6.07) is -0.461. The fourth-order valence-corrected chi connectivity index (χ4v) is 3.97. The third-order valence-corrected chi connectivity index (χ3v) is 5.68. The van der Waals surface area contributed by atoms with Crippen LogP contribution in [0, 0.1) is 11.8 Å². The van der Waals surface area contributed by atoms with Gasteiger partial charge in [0, 0.05) is 32.6 Å². The first-order valence-electron chi connectivity index (χ1n) is 8.67. The molecule has 3 aliphatic heterocycles. The van der Waals surface area contributed by atoms with Gasteiger partial charge in [0.05, 0.1) is 5.92 Å². The van der Waals surface area contributed by atoms with Gasteiger partial charge in [-0.1, -0.05) is 0 Å². The van der Waals surface area contributed by atoms with E-state index in [-0.39, 0.29) is 23.6 Å². The number of carbonyl (C=O) groups excluding carboxylic acids is 4. The third kappa shape index (κ3) is 2.63. The van der Waals surface area contributed by atoms with Gasteiger partial charge in [-0.15, -0.1) is 0 Å². The van der Waals surface area contributed by atoms with Crippen molar-refractivity contribution in [2.75, 3.05) is 26.2 Å². The van der Waals surface area contributed by atoms with Gasteiger partial charge in [-0.2, -0.15) is 0 Å². The summed E-state index contributed by atoms with van der Waals surface area (Å²) in [6.45, 7) is 2.17. The van der Waals surface area contributed by atoms with Crippen molar-refractivity contribution in [1.29, 1.82) is 0 Å². The Bertz CT molecular complexity index is 607. The number of amides is 5. The molecule has 2 N–H and O–H groups in total. The molecule has 1 saturated carbocycles. The second-order valence-electron chi connectivity index (χ2n) is 7.46. The average molecular weight is 334 g/mol. The molecule has 0 bridgehead atoms. The molecule has 3 saturated heterocycles. The van der Waals surface area contributed by atoms with Gasteiger partial charge in [-0.25, -0.2) is 4.79 Å². The normalized spacial score (nSPS) is 29.2. The number of nitrogens with zero attached hydrogens (tertiary/aromatic N) is 2. The van der Waals surface area contributed by atoms with Crippen LogP contribution in [0.15, 0.2) is 0 Å². The number of nitrogens with one attached hydrogen (secondary N) is 2. The molecule has 24 heavy (non-hydrogen) atoms. The summed E-state index contributed by atoms with van der Waals surface area (Å²) in [5, 5.41) is 4.96. The fourth-order valence-electron chi connectivity index (χ4n) is 3.97. The molecule has 4 fully saturated rings. The highest BCUT2D eigenvalue weighted by atomic mass is 16.2. The lowest BCUT2D eigenvalue weighted by atomic mass is 9.87. The summed E-state index contributed by atoms with van der Waals surface area (Å²) in [4.78, 5) is 51.6. The minimum absolute atomic E-state index is 0.00114. The summed E-state index contributed by atoms with van der Waals surface area (Å²) in [5.74, 6) is 0.142. The standard InChI is InChI=1S/C16H22N4O4/c21-12-7-11(9-20(12)8-10-1-2-10)13(22)19-5-3-16(4-6-19)14(23)17-15(24)18-16/h10-11H,1-9H2,(H2,17,18,23,24). The van der Waals surface area contributed by atoms with Gasteiger partial charge in [0.2, 0.25) is 11.8 Å². The Hall–Kier alpha value is -2.12. The van der Waals surface area contributed by atoms with Crippen LogP contribution in [0.2, 0.25) is 0 Å². The van der Waals surface area contributed by atoms with Gasteiger partial charge >= 0.3 is 6.03 Å². The fraction of sp³-hybridized carbons (Fsp3) is 0.750. The molecule has 130 valence electrons. The molecule has 1 unspecified atom stereocenters. The lowest BCUT2D eigenvalue weighted by Gasteiger charge is -2.37. The zero-order valence-corrected chi connectivity index (χ0v) is 13.5. The van der Waals surface area contributed by atoms with Crippen LogP contribution in [0.1, 0.15) is 32.1 Å². The zero-order valence-electron chi connectivity index (χ0n) is 13.5. The van der Waals surface area contributed by atoms with Gasteiger partial charge < -0.3 is 15.1 Å². The van der Waals surface area contributed by atoms with Gasteiger partial charge in [0.1, 0.15) is 5.54 Å².